The van der Waals surface area contributed by atoms with Gasteiger partial charge in [0, 0.05) is 30.4 Å². The van der Waals surface area contributed by atoms with Crippen molar-refractivity contribution in [3.05, 3.63) is 36.0 Å². The standard InChI is InChI=1S/C15H18N2O2/c18-15(17-10-13-3-1-2-8-19-13)12-5-4-11-6-7-16-14(11)9-12/h4-7,9,13,16H,1-3,8,10H2,(H,17,18). The van der Waals surface area contributed by atoms with Crippen molar-refractivity contribution >= 4 is 16.8 Å². The monoisotopic (exact) mass is 258 g/mol. The molecule has 1 aliphatic rings. The second-order valence-electron chi connectivity index (χ2n) is 4.98. The molecule has 3 rings (SSSR count). The average molecular weight is 258 g/mol. The second-order valence-corrected chi connectivity index (χ2v) is 4.98. The fourth-order valence-corrected chi connectivity index (χ4v) is 2.47. The van der Waals surface area contributed by atoms with Crippen LogP contribution in [0.15, 0.2) is 30.5 Å². The number of amides is 1. The Bertz CT molecular complexity index is 570. The van der Waals surface area contributed by atoms with Crippen LogP contribution in [-0.2, 0) is 4.74 Å². The Balaban J connectivity index is 1.62. The predicted molar refractivity (Wildman–Crippen MR) is 74.2 cm³/mol. The minimum Gasteiger partial charge on any atom is -0.376 e. The lowest BCUT2D eigenvalue weighted by molar-refractivity contribution is 0.0169. The van der Waals surface area contributed by atoms with E-state index in [0.29, 0.717) is 12.1 Å². The Labute approximate surface area is 112 Å². The number of aromatic nitrogens is 1. The van der Waals surface area contributed by atoms with Crippen molar-refractivity contribution in [1.29, 1.82) is 0 Å². The van der Waals surface area contributed by atoms with Crippen LogP contribution in [0.25, 0.3) is 10.9 Å². The third kappa shape index (κ3) is 2.79. The molecule has 1 aliphatic heterocycles. The summed E-state index contributed by atoms with van der Waals surface area (Å²) in [5.41, 5.74) is 1.67. The van der Waals surface area contributed by atoms with Gasteiger partial charge >= 0.3 is 0 Å². The van der Waals surface area contributed by atoms with Crippen LogP contribution in [0.2, 0.25) is 0 Å². The molecular weight excluding hydrogens is 240 g/mol. The molecule has 19 heavy (non-hydrogen) atoms. The van der Waals surface area contributed by atoms with Crippen molar-refractivity contribution in [2.75, 3.05) is 13.2 Å². The Morgan fingerprint density at radius 1 is 1.37 bits per heavy atom. The Hall–Kier alpha value is -1.81. The zero-order chi connectivity index (χ0) is 13.1. The molecule has 1 aromatic carbocycles. The second kappa shape index (κ2) is 5.45. The number of hydrogen-bond donors (Lipinski definition) is 2. The lowest BCUT2D eigenvalue weighted by atomic mass is 10.1. The van der Waals surface area contributed by atoms with E-state index in [0.717, 1.165) is 30.4 Å². The van der Waals surface area contributed by atoms with Gasteiger partial charge in [-0.2, -0.15) is 0 Å². The predicted octanol–water partition coefficient (Wildman–Crippen LogP) is 2.47. The fraction of sp³-hybridized carbons (Fsp3) is 0.400. The molecule has 0 spiro atoms. The summed E-state index contributed by atoms with van der Waals surface area (Å²) < 4.78 is 5.60. The number of carbonyl (C=O) groups excluding carboxylic acids is 1. The molecule has 0 aliphatic carbocycles. The van der Waals surface area contributed by atoms with Crippen LogP contribution in [0, 0.1) is 0 Å². The van der Waals surface area contributed by atoms with E-state index in [1.165, 1.54) is 6.42 Å². The number of benzene rings is 1. The molecule has 2 N–H and O–H groups in total. The molecule has 1 unspecified atom stereocenters. The summed E-state index contributed by atoms with van der Waals surface area (Å²) in [5.74, 6) is -0.0364. The first-order valence-electron chi connectivity index (χ1n) is 6.80. The van der Waals surface area contributed by atoms with Crippen LogP contribution >= 0.6 is 0 Å². The summed E-state index contributed by atoms with van der Waals surface area (Å²) >= 11 is 0. The van der Waals surface area contributed by atoms with Crippen molar-refractivity contribution in [3.63, 3.8) is 0 Å². The van der Waals surface area contributed by atoms with E-state index >= 15 is 0 Å². The Morgan fingerprint density at radius 3 is 3.16 bits per heavy atom. The number of H-pyrrole nitrogens is 1. The summed E-state index contributed by atoms with van der Waals surface area (Å²) in [5, 5.41) is 4.07. The zero-order valence-electron chi connectivity index (χ0n) is 10.8. The van der Waals surface area contributed by atoms with Gasteiger partial charge in [-0.25, -0.2) is 0 Å². The van der Waals surface area contributed by atoms with Gasteiger partial charge in [0.15, 0.2) is 0 Å². The van der Waals surface area contributed by atoms with E-state index in [-0.39, 0.29) is 12.0 Å². The molecular formula is C15H18N2O2. The quantitative estimate of drug-likeness (QED) is 0.888. The van der Waals surface area contributed by atoms with Crippen molar-refractivity contribution in [3.8, 4) is 0 Å². The molecule has 0 bridgehead atoms. The van der Waals surface area contributed by atoms with Gasteiger partial charge in [0.05, 0.1) is 6.10 Å². The number of ether oxygens (including phenoxy) is 1. The summed E-state index contributed by atoms with van der Waals surface area (Å²) in [6, 6.07) is 7.68. The molecule has 2 heterocycles. The maximum Gasteiger partial charge on any atom is 0.251 e. The minimum atomic E-state index is -0.0364. The van der Waals surface area contributed by atoms with E-state index < -0.39 is 0 Å². The minimum absolute atomic E-state index is 0.0364. The van der Waals surface area contributed by atoms with Crippen LogP contribution in [0.5, 0.6) is 0 Å². The highest BCUT2D eigenvalue weighted by atomic mass is 16.5. The summed E-state index contributed by atoms with van der Waals surface area (Å²) in [4.78, 5) is 15.2. The van der Waals surface area contributed by atoms with Gasteiger partial charge in [-0.3, -0.25) is 4.79 Å². The molecule has 4 heteroatoms. The van der Waals surface area contributed by atoms with Gasteiger partial charge in [-0.1, -0.05) is 6.07 Å². The number of nitrogens with one attached hydrogen (secondary N) is 2. The molecule has 1 fully saturated rings. The molecule has 1 amide bonds. The number of carbonyl (C=O) groups is 1. The molecule has 1 atom stereocenters. The third-order valence-corrected chi connectivity index (χ3v) is 3.58. The highest BCUT2D eigenvalue weighted by Crippen LogP contribution is 2.15. The third-order valence-electron chi connectivity index (χ3n) is 3.58. The lowest BCUT2D eigenvalue weighted by Crippen LogP contribution is -2.35. The number of fused-ring (bicyclic) bond motifs is 1. The topological polar surface area (TPSA) is 54.1 Å². The lowest BCUT2D eigenvalue weighted by Gasteiger charge is -2.22. The van der Waals surface area contributed by atoms with Crippen molar-refractivity contribution in [1.82, 2.24) is 10.3 Å². The molecule has 0 radical (unpaired) electrons. The van der Waals surface area contributed by atoms with Crippen LogP contribution in [-0.4, -0.2) is 30.1 Å². The van der Waals surface area contributed by atoms with Gasteiger partial charge in [-0.15, -0.1) is 0 Å². The SMILES string of the molecule is O=C(NCC1CCCCO1)c1ccc2cc[nH]c2c1. The number of hydrogen-bond acceptors (Lipinski definition) is 2. The van der Waals surface area contributed by atoms with E-state index in [2.05, 4.69) is 10.3 Å². The molecule has 1 aromatic heterocycles. The first kappa shape index (κ1) is 12.2. The van der Waals surface area contributed by atoms with Gasteiger partial charge < -0.3 is 15.0 Å². The first-order valence-corrected chi connectivity index (χ1v) is 6.80. The molecule has 0 saturated carbocycles. The largest absolute Gasteiger partial charge is 0.376 e. The number of aromatic amines is 1. The van der Waals surface area contributed by atoms with Crippen LogP contribution in [0.3, 0.4) is 0 Å². The molecule has 4 nitrogen and oxygen atoms in total. The zero-order valence-corrected chi connectivity index (χ0v) is 10.8. The normalized spacial score (nSPS) is 19.5. The summed E-state index contributed by atoms with van der Waals surface area (Å²) in [7, 11) is 0. The van der Waals surface area contributed by atoms with Crippen molar-refractivity contribution in [2.24, 2.45) is 0 Å². The van der Waals surface area contributed by atoms with Gasteiger partial charge in [-0.05, 0) is 42.8 Å². The van der Waals surface area contributed by atoms with Crippen LogP contribution in [0.1, 0.15) is 29.6 Å². The fourth-order valence-electron chi connectivity index (χ4n) is 2.47. The van der Waals surface area contributed by atoms with E-state index in [9.17, 15) is 4.79 Å². The maximum atomic E-state index is 12.1. The molecule has 1 saturated heterocycles. The van der Waals surface area contributed by atoms with Crippen molar-refractivity contribution in [2.45, 2.75) is 25.4 Å². The maximum absolute atomic E-state index is 12.1. The number of rotatable bonds is 3. The molecule has 2 aromatic rings. The van der Waals surface area contributed by atoms with E-state index in [1.54, 1.807) is 0 Å². The van der Waals surface area contributed by atoms with Crippen molar-refractivity contribution < 1.29 is 9.53 Å². The van der Waals surface area contributed by atoms with Gasteiger partial charge in [0.2, 0.25) is 0 Å². The average Bonchev–Trinajstić information content (AvgIpc) is 2.93. The van der Waals surface area contributed by atoms with E-state index in [1.807, 2.05) is 30.5 Å². The smallest absolute Gasteiger partial charge is 0.251 e. The Kier molecular flexibility index (Phi) is 3.51. The highest BCUT2D eigenvalue weighted by molar-refractivity contribution is 5.97. The summed E-state index contributed by atoms with van der Waals surface area (Å²) in [6.07, 6.45) is 5.41. The first-order chi connectivity index (χ1) is 9.33. The van der Waals surface area contributed by atoms with E-state index in [4.69, 9.17) is 4.74 Å². The van der Waals surface area contributed by atoms with Gasteiger partial charge in [0.1, 0.15) is 0 Å². The van der Waals surface area contributed by atoms with Crippen LogP contribution in [0.4, 0.5) is 0 Å². The Morgan fingerprint density at radius 2 is 2.32 bits per heavy atom. The van der Waals surface area contributed by atoms with Crippen LogP contribution < -0.4 is 5.32 Å². The summed E-state index contributed by atoms with van der Waals surface area (Å²) in [6.45, 7) is 1.41. The molecule has 100 valence electrons. The van der Waals surface area contributed by atoms with Gasteiger partial charge in [0.25, 0.3) is 5.91 Å². The highest BCUT2D eigenvalue weighted by Gasteiger charge is 2.15.